The molecule has 4 aromatic heterocycles. The molecule has 9 nitrogen and oxygen atoms in total. The third-order valence-electron chi connectivity index (χ3n) is 9.39. The van der Waals surface area contributed by atoms with E-state index in [0.29, 0.717) is 44.4 Å². The summed E-state index contributed by atoms with van der Waals surface area (Å²) in [5, 5.41) is 5.92. The fourth-order valence-electron chi connectivity index (χ4n) is 7.87. The second kappa shape index (κ2) is 27.1. The zero-order valence-corrected chi connectivity index (χ0v) is 45.0. The molecule has 0 fully saturated rings. The summed E-state index contributed by atoms with van der Waals surface area (Å²) in [6.07, 6.45) is 6.67. The van der Waals surface area contributed by atoms with Crippen molar-refractivity contribution in [3.63, 3.8) is 0 Å². The number of halogens is 3. The molecule has 0 aliphatic carbocycles. The van der Waals surface area contributed by atoms with E-state index in [1.165, 1.54) is 0 Å². The van der Waals surface area contributed by atoms with E-state index < -0.39 is 6.29 Å². The molecule has 1 atom stereocenters. The van der Waals surface area contributed by atoms with Gasteiger partial charge in [-0.15, -0.1) is 0 Å². The van der Waals surface area contributed by atoms with E-state index in [9.17, 15) is 0 Å². The molecule has 6 aromatic rings. The number of hydrogen-bond donors (Lipinski definition) is 2. The van der Waals surface area contributed by atoms with Gasteiger partial charge in [-0.3, -0.25) is 19.9 Å². The van der Waals surface area contributed by atoms with Crippen molar-refractivity contribution in [1.29, 1.82) is 0 Å². The maximum atomic E-state index is 6.44. The Bertz CT molecular complexity index is 2270. The van der Waals surface area contributed by atoms with Gasteiger partial charge < -0.3 is 25.3 Å². The van der Waals surface area contributed by atoms with Crippen LogP contribution in [0, 0.1) is 0 Å². The second-order valence-electron chi connectivity index (χ2n) is 18.0. The summed E-state index contributed by atoms with van der Waals surface area (Å²) in [5.74, 6) is 0. The lowest BCUT2D eigenvalue weighted by Crippen LogP contribution is -2.34. The summed E-state index contributed by atoms with van der Waals surface area (Å²) in [6, 6.07) is 30.4. The predicted octanol–water partition coefficient (Wildman–Crippen LogP) is 16.4. The maximum absolute atomic E-state index is 6.44. The molecular weight excluding hydrogens is 950 g/mol. The molecule has 66 heavy (non-hydrogen) atoms. The van der Waals surface area contributed by atoms with Crippen LogP contribution in [0.3, 0.4) is 0 Å². The minimum absolute atomic E-state index is 0.0162. The number of hydrogen-bond acceptors (Lipinski definition) is 9. The van der Waals surface area contributed by atoms with Crippen molar-refractivity contribution >= 4 is 64.1 Å². The van der Waals surface area contributed by atoms with E-state index in [2.05, 4.69) is 103 Å². The zero-order chi connectivity index (χ0) is 49.1. The summed E-state index contributed by atoms with van der Waals surface area (Å²) in [4.78, 5) is 17.2. The standard InChI is InChI=1S/C21H22ClN3O2.C12H27P.C11H9ClN2.C9H12BrNO/c1-3-26-21(27-4-2)20-11-9-16(14-24-20)25-15-8-10-17(18(22)13-15)19-7-5-6-12-23-19;1-10(2,3)13(11(4,5)6)12(7,8)9;12-10-7-8(13)4-5-9(10)11-3-1-2-6-14-11;1-3-12-7(2)9-5-4-8(10)6-11-9/h5-14,21,25H,3-4H2,1-2H3;1-9H3;1-7H,13H2;4-7H,3H2,1-2H3. The molecule has 0 aliphatic rings. The van der Waals surface area contributed by atoms with Crippen molar-refractivity contribution in [1.82, 2.24) is 19.9 Å². The van der Waals surface area contributed by atoms with E-state index in [1.54, 1.807) is 30.9 Å². The van der Waals surface area contributed by atoms with Gasteiger partial charge in [-0.2, -0.15) is 0 Å². The molecule has 6 rings (SSSR count). The quantitative estimate of drug-likeness (QED) is 0.0702. The molecule has 4 heterocycles. The monoisotopic (exact) mass is 1020 g/mol. The second-order valence-corrected chi connectivity index (χ2v) is 24.5. The van der Waals surface area contributed by atoms with Crippen LogP contribution in [0.25, 0.3) is 22.5 Å². The van der Waals surface area contributed by atoms with E-state index in [0.717, 1.165) is 56.4 Å². The smallest absolute Gasteiger partial charge is 0.201 e. The molecule has 1 unspecified atom stereocenters. The normalized spacial score (nSPS) is 12.0. The van der Waals surface area contributed by atoms with Gasteiger partial charge in [0.2, 0.25) is 6.29 Å². The topological polar surface area (TPSA) is 117 Å². The molecule has 0 amide bonds. The fourth-order valence-corrected chi connectivity index (χ4v) is 14.7. The van der Waals surface area contributed by atoms with Crippen molar-refractivity contribution in [2.24, 2.45) is 0 Å². The van der Waals surface area contributed by atoms with E-state index in [4.69, 9.17) is 43.1 Å². The summed E-state index contributed by atoms with van der Waals surface area (Å²) in [6.45, 7) is 31.1. The SMILES string of the molecule is CC(C)(C)P(C(C)(C)C)C(C)(C)C.CCOC(C)c1ccc(Br)cn1.CCOC(OCC)c1ccc(Nc2ccc(-c3ccccn3)c(Cl)c2)cn1.Nc1ccc(-c2ccccn2)c(Cl)c1. The first-order valence-electron chi connectivity index (χ1n) is 22.3. The third-order valence-corrected chi connectivity index (χ3v) is 14.5. The predicted molar refractivity (Wildman–Crippen MR) is 285 cm³/mol. The van der Waals surface area contributed by atoms with Crippen molar-refractivity contribution in [2.75, 3.05) is 30.9 Å². The Morgan fingerprint density at radius 3 is 1.47 bits per heavy atom. The fraction of sp³-hybridized carbons (Fsp3) is 0.396. The van der Waals surface area contributed by atoms with Crippen LogP contribution in [-0.2, 0) is 14.2 Å². The molecule has 356 valence electrons. The van der Waals surface area contributed by atoms with E-state index in [-0.39, 0.29) is 14.0 Å². The van der Waals surface area contributed by atoms with Crippen molar-refractivity contribution in [3.05, 3.63) is 148 Å². The van der Waals surface area contributed by atoms with Gasteiger partial charge >= 0.3 is 0 Å². The van der Waals surface area contributed by atoms with Crippen molar-refractivity contribution in [2.45, 2.75) is 118 Å². The first-order chi connectivity index (χ1) is 31.1. The average molecular weight is 1020 g/mol. The maximum Gasteiger partial charge on any atom is 0.201 e. The molecular formula is C53H70BrCl2N6O3P. The molecule has 0 spiro atoms. The molecule has 0 saturated heterocycles. The van der Waals surface area contributed by atoms with Crippen LogP contribution < -0.4 is 11.1 Å². The van der Waals surface area contributed by atoms with E-state index in [1.807, 2.05) is 119 Å². The van der Waals surface area contributed by atoms with Crippen LogP contribution in [0.15, 0.2) is 126 Å². The van der Waals surface area contributed by atoms with Crippen molar-refractivity contribution < 1.29 is 14.2 Å². The zero-order valence-electron chi connectivity index (χ0n) is 41.0. The van der Waals surface area contributed by atoms with Gasteiger partial charge in [0.1, 0.15) is 0 Å². The van der Waals surface area contributed by atoms with Gasteiger partial charge in [0.25, 0.3) is 0 Å². The van der Waals surface area contributed by atoms with Crippen LogP contribution in [0.4, 0.5) is 17.1 Å². The van der Waals surface area contributed by atoms with Gasteiger partial charge in [0.05, 0.1) is 50.8 Å². The highest BCUT2D eigenvalue weighted by Gasteiger charge is 2.41. The van der Waals surface area contributed by atoms with E-state index >= 15 is 0 Å². The first kappa shape index (κ1) is 56.3. The van der Waals surface area contributed by atoms with Crippen molar-refractivity contribution in [3.8, 4) is 22.5 Å². The molecule has 0 aliphatic heterocycles. The summed E-state index contributed by atoms with van der Waals surface area (Å²) < 4.78 is 17.5. The molecule has 3 N–H and O–H groups in total. The number of nitrogens with one attached hydrogen (secondary N) is 1. The lowest BCUT2D eigenvalue weighted by atomic mass is 10.1. The molecule has 13 heteroatoms. The number of anilines is 3. The average Bonchev–Trinajstić information content (AvgIpc) is 3.24. The van der Waals surface area contributed by atoms with Crippen LogP contribution >= 0.6 is 47.1 Å². The molecule has 2 aromatic carbocycles. The van der Waals surface area contributed by atoms with Gasteiger partial charge in [-0.25, -0.2) is 0 Å². The first-order valence-corrected chi connectivity index (χ1v) is 25.1. The Labute approximate surface area is 414 Å². The largest absolute Gasteiger partial charge is 0.399 e. The van der Waals surface area contributed by atoms with Gasteiger partial charge in [0.15, 0.2) is 0 Å². The van der Waals surface area contributed by atoms with Crippen LogP contribution in [0.5, 0.6) is 0 Å². The minimum Gasteiger partial charge on any atom is -0.399 e. The Morgan fingerprint density at radius 1 is 0.591 bits per heavy atom. The highest BCUT2D eigenvalue weighted by Crippen LogP contribution is 2.67. The number of nitrogen functional groups attached to an aromatic ring is 1. The lowest BCUT2D eigenvalue weighted by molar-refractivity contribution is -0.142. The van der Waals surface area contributed by atoms with Gasteiger partial charge in [-0.05, 0) is 144 Å². The van der Waals surface area contributed by atoms with Crippen LogP contribution in [0.1, 0.15) is 114 Å². The number of benzene rings is 2. The molecule has 0 bridgehead atoms. The summed E-state index contributed by atoms with van der Waals surface area (Å²) in [5.41, 5.74) is 13.2. The Morgan fingerprint density at radius 2 is 1.08 bits per heavy atom. The van der Waals surface area contributed by atoms with Crippen LogP contribution in [-0.4, -0.2) is 55.2 Å². The third kappa shape index (κ3) is 19.0. The number of pyridine rings is 4. The Hall–Kier alpha value is -3.99. The molecule has 0 saturated carbocycles. The number of aromatic nitrogens is 4. The van der Waals surface area contributed by atoms with Gasteiger partial charge in [0, 0.05) is 65.4 Å². The number of nitrogens with zero attached hydrogens (tertiary/aromatic N) is 4. The summed E-state index contributed by atoms with van der Waals surface area (Å²) >= 11 is 15.8. The summed E-state index contributed by atoms with van der Waals surface area (Å²) in [7, 11) is 0.0162. The highest BCUT2D eigenvalue weighted by molar-refractivity contribution is 9.10. The number of rotatable bonds is 12. The molecule has 0 radical (unpaired) electrons. The Kier molecular flexibility index (Phi) is 23.1. The lowest BCUT2D eigenvalue weighted by Gasteiger charge is -2.49. The number of ether oxygens (including phenoxy) is 3. The van der Waals surface area contributed by atoms with Crippen LogP contribution in [0.2, 0.25) is 10.0 Å². The highest BCUT2D eigenvalue weighted by atomic mass is 79.9. The Balaban J connectivity index is 0.000000252. The minimum atomic E-state index is -0.443. The van der Waals surface area contributed by atoms with Gasteiger partial charge in [-0.1, -0.05) is 106 Å². The number of nitrogens with two attached hydrogens (primary N) is 1.